The highest BCUT2D eigenvalue weighted by Gasteiger charge is 2.01. The lowest BCUT2D eigenvalue weighted by Gasteiger charge is -2.01. The molecule has 0 saturated heterocycles. The molecule has 0 aliphatic rings. The van der Waals surface area contributed by atoms with Gasteiger partial charge in [-0.15, -0.1) is 0 Å². The number of rotatable bonds is 3. The molecule has 2 aromatic rings. The zero-order valence-corrected chi connectivity index (χ0v) is 10.8. The van der Waals surface area contributed by atoms with E-state index in [1.165, 1.54) is 6.08 Å². The maximum atomic E-state index is 11.6. The number of hydrogen-bond acceptors (Lipinski definition) is 3. The summed E-state index contributed by atoms with van der Waals surface area (Å²) in [5.41, 5.74) is 6.92. The highest BCUT2D eigenvalue weighted by atomic mass is 35.5. The van der Waals surface area contributed by atoms with Gasteiger partial charge in [-0.2, -0.15) is 0 Å². The summed E-state index contributed by atoms with van der Waals surface area (Å²) in [5, 5.41) is 0.582. The number of nitrogen functional groups attached to an aromatic ring is 1. The zero-order valence-electron chi connectivity index (χ0n) is 10.0. The molecule has 96 valence electrons. The van der Waals surface area contributed by atoms with Gasteiger partial charge in [0.2, 0.25) is 0 Å². The van der Waals surface area contributed by atoms with Crippen LogP contribution in [0.1, 0.15) is 5.56 Å². The van der Waals surface area contributed by atoms with E-state index in [2.05, 4.69) is 0 Å². The Morgan fingerprint density at radius 1 is 1.11 bits per heavy atom. The molecule has 4 heteroatoms. The first-order chi connectivity index (χ1) is 9.15. The minimum Gasteiger partial charge on any atom is -0.423 e. The van der Waals surface area contributed by atoms with Gasteiger partial charge in [-0.25, -0.2) is 4.79 Å². The van der Waals surface area contributed by atoms with Crippen LogP contribution in [-0.4, -0.2) is 5.97 Å². The summed E-state index contributed by atoms with van der Waals surface area (Å²) in [6, 6.07) is 13.8. The van der Waals surface area contributed by atoms with Crippen LogP contribution in [-0.2, 0) is 4.79 Å². The van der Waals surface area contributed by atoms with Gasteiger partial charge in [-0.3, -0.25) is 0 Å². The van der Waals surface area contributed by atoms with Crippen LogP contribution in [0.15, 0.2) is 54.6 Å². The Hall–Kier alpha value is -2.26. The van der Waals surface area contributed by atoms with Crippen molar-refractivity contribution in [1.29, 1.82) is 0 Å². The molecule has 0 spiro atoms. The quantitative estimate of drug-likeness (QED) is 0.403. The van der Waals surface area contributed by atoms with Gasteiger partial charge >= 0.3 is 5.97 Å². The molecule has 2 aromatic carbocycles. The summed E-state index contributed by atoms with van der Waals surface area (Å²) < 4.78 is 5.11. The fourth-order valence-corrected chi connectivity index (χ4v) is 1.65. The Kier molecular flexibility index (Phi) is 4.21. The highest BCUT2D eigenvalue weighted by Crippen LogP contribution is 2.17. The maximum absolute atomic E-state index is 11.6. The van der Waals surface area contributed by atoms with E-state index in [4.69, 9.17) is 22.1 Å². The molecule has 0 bridgehead atoms. The van der Waals surface area contributed by atoms with Crippen molar-refractivity contribution >= 4 is 29.3 Å². The van der Waals surface area contributed by atoms with Crippen molar-refractivity contribution in [3.8, 4) is 5.75 Å². The Balaban J connectivity index is 2.02. The van der Waals surface area contributed by atoms with Gasteiger partial charge in [0.05, 0.1) is 0 Å². The molecule has 0 radical (unpaired) electrons. The molecule has 0 amide bonds. The van der Waals surface area contributed by atoms with Gasteiger partial charge < -0.3 is 10.5 Å². The van der Waals surface area contributed by atoms with Gasteiger partial charge in [-0.1, -0.05) is 29.8 Å². The molecule has 0 atom stereocenters. The average molecular weight is 274 g/mol. The second-order valence-corrected chi connectivity index (χ2v) is 4.25. The van der Waals surface area contributed by atoms with E-state index in [0.29, 0.717) is 16.5 Å². The minimum absolute atomic E-state index is 0.447. The van der Waals surface area contributed by atoms with Crippen molar-refractivity contribution < 1.29 is 9.53 Å². The number of hydrogen-bond donors (Lipinski definition) is 1. The number of carbonyl (C=O) groups is 1. The number of halogens is 1. The van der Waals surface area contributed by atoms with Crippen molar-refractivity contribution in [2.75, 3.05) is 5.73 Å². The van der Waals surface area contributed by atoms with Gasteiger partial charge in [0.15, 0.2) is 0 Å². The fourth-order valence-electron chi connectivity index (χ4n) is 1.45. The summed E-state index contributed by atoms with van der Waals surface area (Å²) in [7, 11) is 0. The van der Waals surface area contributed by atoms with Crippen LogP contribution in [0, 0.1) is 0 Å². The number of benzene rings is 2. The first-order valence-corrected chi connectivity index (χ1v) is 6.03. The fraction of sp³-hybridized carbons (Fsp3) is 0. The maximum Gasteiger partial charge on any atom is 0.336 e. The number of nitrogens with two attached hydrogens (primary N) is 1. The van der Waals surface area contributed by atoms with E-state index in [-0.39, 0.29) is 0 Å². The van der Waals surface area contributed by atoms with Crippen LogP contribution in [0.4, 0.5) is 5.69 Å². The molecule has 0 saturated carbocycles. The van der Waals surface area contributed by atoms with Gasteiger partial charge in [0.1, 0.15) is 5.75 Å². The average Bonchev–Trinajstić information content (AvgIpc) is 2.40. The molecule has 0 heterocycles. The minimum atomic E-state index is -0.468. The first kappa shape index (κ1) is 13.2. The van der Waals surface area contributed by atoms with Crippen molar-refractivity contribution in [2.45, 2.75) is 0 Å². The summed E-state index contributed by atoms with van der Waals surface area (Å²) in [5.74, 6) is -0.0206. The van der Waals surface area contributed by atoms with Gasteiger partial charge in [-0.05, 0) is 42.0 Å². The smallest absolute Gasteiger partial charge is 0.336 e. The number of ether oxygens (including phenoxy) is 1. The van der Waals surface area contributed by atoms with Crippen LogP contribution in [0.5, 0.6) is 5.75 Å². The molecular weight excluding hydrogens is 262 g/mol. The van der Waals surface area contributed by atoms with Crippen molar-refractivity contribution in [3.05, 3.63) is 65.2 Å². The topological polar surface area (TPSA) is 52.3 Å². The first-order valence-electron chi connectivity index (χ1n) is 5.65. The van der Waals surface area contributed by atoms with Crippen molar-refractivity contribution in [3.63, 3.8) is 0 Å². The molecule has 0 aromatic heterocycles. The number of carbonyl (C=O) groups excluding carboxylic acids is 1. The second kappa shape index (κ2) is 6.07. The van der Waals surface area contributed by atoms with Crippen LogP contribution >= 0.6 is 11.6 Å². The van der Waals surface area contributed by atoms with Crippen molar-refractivity contribution in [1.82, 2.24) is 0 Å². The van der Waals surface area contributed by atoms with E-state index < -0.39 is 5.97 Å². The highest BCUT2D eigenvalue weighted by molar-refractivity contribution is 6.32. The predicted molar refractivity (Wildman–Crippen MR) is 77.0 cm³/mol. The molecule has 3 nitrogen and oxygen atoms in total. The van der Waals surface area contributed by atoms with E-state index >= 15 is 0 Å². The Morgan fingerprint density at radius 2 is 1.79 bits per heavy atom. The lowest BCUT2D eigenvalue weighted by atomic mass is 10.2. The second-order valence-electron chi connectivity index (χ2n) is 3.84. The summed E-state index contributed by atoms with van der Waals surface area (Å²) in [6.07, 6.45) is 2.94. The summed E-state index contributed by atoms with van der Waals surface area (Å²) in [6.45, 7) is 0. The van der Waals surface area contributed by atoms with E-state index in [1.54, 1.807) is 36.4 Å². The SMILES string of the molecule is Nc1ccc(OC(=O)/C=C/c2ccccc2Cl)cc1. The van der Waals surface area contributed by atoms with Gasteiger partial charge in [0.25, 0.3) is 0 Å². The van der Waals surface area contributed by atoms with E-state index in [1.807, 2.05) is 18.2 Å². The third-order valence-corrected chi connectivity index (χ3v) is 2.75. The molecule has 2 N–H and O–H groups in total. The van der Waals surface area contributed by atoms with Crippen LogP contribution in [0.2, 0.25) is 5.02 Å². The molecule has 0 fully saturated rings. The molecular formula is C15H12ClNO2. The number of anilines is 1. The molecule has 0 unspecified atom stereocenters. The lowest BCUT2D eigenvalue weighted by molar-refractivity contribution is -0.128. The van der Waals surface area contributed by atoms with Crippen molar-refractivity contribution in [2.24, 2.45) is 0 Å². The summed E-state index contributed by atoms with van der Waals surface area (Å²) in [4.78, 5) is 11.6. The monoisotopic (exact) mass is 273 g/mol. The predicted octanol–water partition coefficient (Wildman–Crippen LogP) is 3.54. The van der Waals surface area contributed by atoms with Crippen LogP contribution in [0.25, 0.3) is 6.08 Å². The normalized spacial score (nSPS) is 10.6. The Morgan fingerprint density at radius 3 is 2.47 bits per heavy atom. The summed E-state index contributed by atoms with van der Waals surface area (Å²) >= 11 is 5.97. The van der Waals surface area contributed by atoms with Crippen LogP contribution in [0.3, 0.4) is 0 Å². The van der Waals surface area contributed by atoms with E-state index in [0.717, 1.165) is 5.56 Å². The molecule has 0 aliphatic heterocycles. The van der Waals surface area contributed by atoms with Crippen LogP contribution < -0.4 is 10.5 Å². The molecule has 2 rings (SSSR count). The lowest BCUT2D eigenvalue weighted by Crippen LogP contribution is -2.03. The standard InChI is InChI=1S/C15H12ClNO2/c16-14-4-2-1-3-11(14)5-10-15(18)19-13-8-6-12(17)7-9-13/h1-10H,17H2/b10-5+. The third kappa shape index (κ3) is 3.86. The third-order valence-electron chi connectivity index (χ3n) is 2.40. The largest absolute Gasteiger partial charge is 0.423 e. The Labute approximate surface area is 116 Å². The zero-order chi connectivity index (χ0) is 13.7. The molecule has 19 heavy (non-hydrogen) atoms. The molecule has 0 aliphatic carbocycles. The van der Waals surface area contributed by atoms with Gasteiger partial charge in [0, 0.05) is 16.8 Å². The number of esters is 1. The Bertz CT molecular complexity index is 606. The van der Waals surface area contributed by atoms with E-state index in [9.17, 15) is 4.79 Å².